The van der Waals surface area contributed by atoms with Crippen LogP contribution in [0, 0.1) is 5.92 Å². The zero-order valence-corrected chi connectivity index (χ0v) is 18.5. The van der Waals surface area contributed by atoms with E-state index in [9.17, 15) is 10.2 Å². The average molecular weight is 425 g/mol. The molecule has 0 aromatic heterocycles. The summed E-state index contributed by atoms with van der Waals surface area (Å²) < 4.78 is 0. The van der Waals surface area contributed by atoms with Gasteiger partial charge in [0, 0.05) is 34.2 Å². The number of hydrogen-bond acceptors (Lipinski definition) is 5. The number of nitrogens with one attached hydrogen (secondary N) is 1. The molecule has 3 N–H and O–H groups in total. The Labute approximate surface area is 183 Å². The SMILES string of the molecule is CNCC[C@]12CC(N3CCSc4ccccc43)CCC1CCc1ccc(O)c(O)c12. The summed E-state index contributed by atoms with van der Waals surface area (Å²) in [5, 5.41) is 24.7. The highest BCUT2D eigenvalue weighted by atomic mass is 32.2. The van der Waals surface area contributed by atoms with Crippen molar-refractivity contribution in [1.82, 2.24) is 5.32 Å². The topological polar surface area (TPSA) is 55.7 Å². The molecule has 1 saturated carbocycles. The second-order valence-corrected chi connectivity index (χ2v) is 10.3. The fourth-order valence-corrected chi connectivity index (χ4v) is 7.43. The molecule has 0 amide bonds. The monoisotopic (exact) mass is 424 g/mol. The molecule has 0 radical (unpaired) electrons. The summed E-state index contributed by atoms with van der Waals surface area (Å²) in [6, 6.07) is 13.0. The molecule has 160 valence electrons. The zero-order valence-electron chi connectivity index (χ0n) is 17.7. The molecular weight excluding hydrogens is 392 g/mol. The molecule has 0 saturated heterocycles. The number of phenolic OH excluding ortho intramolecular Hbond substituents is 2. The second kappa shape index (κ2) is 8.01. The van der Waals surface area contributed by atoms with Crippen molar-refractivity contribution in [2.45, 2.75) is 54.9 Å². The number of hydrogen-bond donors (Lipinski definition) is 3. The highest BCUT2D eigenvalue weighted by Gasteiger charge is 2.50. The number of rotatable bonds is 4. The van der Waals surface area contributed by atoms with Gasteiger partial charge in [-0.2, -0.15) is 0 Å². The van der Waals surface area contributed by atoms with Gasteiger partial charge in [-0.3, -0.25) is 0 Å². The molecule has 3 atom stereocenters. The highest BCUT2D eigenvalue weighted by Crippen LogP contribution is 2.57. The van der Waals surface area contributed by atoms with Gasteiger partial charge in [0.1, 0.15) is 0 Å². The quantitative estimate of drug-likeness (QED) is 0.623. The first-order chi connectivity index (χ1) is 14.6. The lowest BCUT2D eigenvalue weighted by Gasteiger charge is -2.54. The lowest BCUT2D eigenvalue weighted by molar-refractivity contribution is 0.126. The van der Waals surface area contributed by atoms with Gasteiger partial charge in [0.15, 0.2) is 11.5 Å². The minimum Gasteiger partial charge on any atom is -0.504 e. The maximum Gasteiger partial charge on any atom is 0.161 e. The standard InChI is InChI=1S/C25H32N2O2S/c1-26-13-12-25-16-19(27-14-15-30-22-5-3-2-4-20(22)27)10-9-18(25)8-6-17-7-11-21(28)24(29)23(17)25/h2-5,7,11,18-19,26,28-29H,6,8-10,12-16H2,1H3/t18?,19?,25-/m0/s1. The Balaban J connectivity index is 1.57. The molecule has 5 heteroatoms. The smallest absolute Gasteiger partial charge is 0.161 e. The first-order valence-electron chi connectivity index (χ1n) is 11.3. The maximum atomic E-state index is 11.0. The Morgan fingerprint density at radius 3 is 2.87 bits per heavy atom. The Kier molecular flexibility index (Phi) is 5.36. The molecule has 2 unspecified atom stereocenters. The normalized spacial score (nSPS) is 27.8. The van der Waals surface area contributed by atoms with Gasteiger partial charge >= 0.3 is 0 Å². The van der Waals surface area contributed by atoms with E-state index in [0.29, 0.717) is 12.0 Å². The van der Waals surface area contributed by atoms with Gasteiger partial charge in [-0.05, 0) is 81.8 Å². The van der Waals surface area contributed by atoms with E-state index in [0.717, 1.165) is 43.7 Å². The number of aromatic hydroxyl groups is 2. The van der Waals surface area contributed by atoms with Crippen molar-refractivity contribution in [1.29, 1.82) is 0 Å². The van der Waals surface area contributed by atoms with Crippen molar-refractivity contribution in [2.24, 2.45) is 5.92 Å². The van der Waals surface area contributed by atoms with Crippen molar-refractivity contribution < 1.29 is 10.2 Å². The Morgan fingerprint density at radius 2 is 2.00 bits per heavy atom. The summed E-state index contributed by atoms with van der Waals surface area (Å²) in [6.45, 7) is 2.00. The second-order valence-electron chi connectivity index (χ2n) is 9.16. The molecule has 4 nitrogen and oxygen atoms in total. The van der Waals surface area contributed by atoms with Crippen LogP contribution in [-0.4, -0.2) is 42.1 Å². The van der Waals surface area contributed by atoms with Crippen molar-refractivity contribution in [3.05, 3.63) is 47.5 Å². The largest absolute Gasteiger partial charge is 0.504 e. The van der Waals surface area contributed by atoms with Gasteiger partial charge < -0.3 is 20.4 Å². The van der Waals surface area contributed by atoms with Crippen LogP contribution in [0.3, 0.4) is 0 Å². The number of para-hydroxylation sites is 1. The Bertz CT molecular complexity index is 933. The van der Waals surface area contributed by atoms with Crippen LogP contribution in [0.2, 0.25) is 0 Å². The van der Waals surface area contributed by atoms with Crippen LogP contribution in [0.4, 0.5) is 5.69 Å². The predicted octanol–water partition coefficient (Wildman–Crippen LogP) is 4.67. The van der Waals surface area contributed by atoms with Gasteiger partial charge in [-0.15, -0.1) is 11.8 Å². The molecule has 1 heterocycles. The van der Waals surface area contributed by atoms with Crippen LogP contribution in [0.15, 0.2) is 41.3 Å². The molecule has 1 aliphatic heterocycles. The molecule has 3 aliphatic rings. The van der Waals surface area contributed by atoms with Crippen LogP contribution in [0.1, 0.15) is 43.2 Å². The molecule has 0 bridgehead atoms. The molecular formula is C25H32N2O2S. The number of nitrogens with zero attached hydrogens (tertiary/aromatic N) is 1. The summed E-state index contributed by atoms with van der Waals surface area (Å²) in [6.07, 6.45) is 6.62. The molecule has 5 rings (SSSR count). The zero-order chi connectivity index (χ0) is 20.7. The van der Waals surface area contributed by atoms with E-state index in [-0.39, 0.29) is 16.9 Å². The number of thioether (sulfide) groups is 1. The van der Waals surface area contributed by atoms with Crippen molar-refractivity contribution >= 4 is 17.4 Å². The predicted molar refractivity (Wildman–Crippen MR) is 124 cm³/mol. The lowest BCUT2D eigenvalue weighted by atomic mass is 9.54. The first-order valence-corrected chi connectivity index (χ1v) is 12.3. The average Bonchev–Trinajstić information content (AvgIpc) is 2.79. The Morgan fingerprint density at radius 1 is 1.13 bits per heavy atom. The van der Waals surface area contributed by atoms with E-state index >= 15 is 0 Å². The third-order valence-electron chi connectivity index (χ3n) is 7.76. The van der Waals surface area contributed by atoms with Gasteiger partial charge in [0.25, 0.3) is 0 Å². The molecule has 2 aliphatic carbocycles. The van der Waals surface area contributed by atoms with Gasteiger partial charge in [0.05, 0.1) is 5.69 Å². The van der Waals surface area contributed by atoms with Crippen molar-refractivity contribution in [2.75, 3.05) is 30.8 Å². The molecule has 1 fully saturated rings. The summed E-state index contributed by atoms with van der Waals surface area (Å²) in [5.41, 5.74) is 3.56. The number of fused-ring (bicyclic) bond motifs is 4. The third kappa shape index (κ3) is 3.18. The summed E-state index contributed by atoms with van der Waals surface area (Å²) in [7, 11) is 2.01. The first kappa shape index (κ1) is 20.1. The van der Waals surface area contributed by atoms with E-state index in [1.54, 1.807) is 6.07 Å². The Hall–Kier alpha value is -1.85. The van der Waals surface area contributed by atoms with E-state index in [2.05, 4.69) is 34.5 Å². The fourth-order valence-electron chi connectivity index (χ4n) is 6.42. The molecule has 2 aromatic carbocycles. The molecule has 30 heavy (non-hydrogen) atoms. The van der Waals surface area contributed by atoms with Crippen molar-refractivity contribution in [3.63, 3.8) is 0 Å². The third-order valence-corrected chi connectivity index (χ3v) is 8.80. The van der Waals surface area contributed by atoms with E-state index < -0.39 is 0 Å². The lowest BCUT2D eigenvalue weighted by Crippen LogP contribution is -2.52. The van der Waals surface area contributed by atoms with E-state index in [1.165, 1.54) is 35.4 Å². The fraction of sp³-hybridized carbons (Fsp3) is 0.520. The maximum absolute atomic E-state index is 11.0. The molecule has 0 spiro atoms. The van der Waals surface area contributed by atoms with Crippen LogP contribution >= 0.6 is 11.8 Å². The highest BCUT2D eigenvalue weighted by molar-refractivity contribution is 7.99. The number of aryl methyl sites for hydroxylation is 1. The van der Waals surface area contributed by atoms with Crippen LogP contribution < -0.4 is 10.2 Å². The number of anilines is 1. The van der Waals surface area contributed by atoms with E-state index in [4.69, 9.17) is 0 Å². The van der Waals surface area contributed by atoms with E-state index in [1.807, 2.05) is 24.9 Å². The summed E-state index contributed by atoms with van der Waals surface area (Å²) in [4.78, 5) is 4.02. The number of phenols is 2. The van der Waals surface area contributed by atoms with Gasteiger partial charge in [-0.1, -0.05) is 18.2 Å². The van der Waals surface area contributed by atoms with Crippen LogP contribution in [0.25, 0.3) is 0 Å². The minimum absolute atomic E-state index is 0.0278. The number of benzene rings is 2. The van der Waals surface area contributed by atoms with Gasteiger partial charge in [-0.25, -0.2) is 0 Å². The van der Waals surface area contributed by atoms with Crippen molar-refractivity contribution in [3.8, 4) is 11.5 Å². The summed E-state index contributed by atoms with van der Waals surface area (Å²) in [5.74, 6) is 1.85. The van der Waals surface area contributed by atoms with Crippen LogP contribution in [0.5, 0.6) is 11.5 Å². The van der Waals surface area contributed by atoms with Crippen LogP contribution in [-0.2, 0) is 11.8 Å². The minimum atomic E-state index is -0.0815. The summed E-state index contributed by atoms with van der Waals surface area (Å²) >= 11 is 1.96. The van der Waals surface area contributed by atoms with Gasteiger partial charge in [0.2, 0.25) is 0 Å². The molecule has 2 aromatic rings.